The minimum absolute atomic E-state index is 0.424. The molecule has 7 nitrogen and oxygen atoms in total. The molecule has 0 saturated carbocycles. The van der Waals surface area contributed by atoms with E-state index in [1.165, 1.54) is 0 Å². The number of rotatable bonds is 4. The SMILES string of the molecule is Cc1cc2nc(OCc3ccccc3)c3cnc4c(cnn4-c4ccccc4)c3n2n1. The van der Waals surface area contributed by atoms with Crippen molar-refractivity contribution in [1.82, 2.24) is 29.4 Å². The Kier molecular flexibility index (Phi) is 3.92. The molecule has 150 valence electrons. The predicted octanol–water partition coefficient (Wildman–Crippen LogP) is 4.50. The first kappa shape index (κ1) is 17.6. The van der Waals surface area contributed by atoms with Gasteiger partial charge in [-0.3, -0.25) is 0 Å². The number of para-hydroxylation sites is 1. The molecule has 0 bridgehead atoms. The second-order valence-electron chi connectivity index (χ2n) is 7.40. The zero-order valence-corrected chi connectivity index (χ0v) is 16.8. The van der Waals surface area contributed by atoms with E-state index in [0.717, 1.165) is 44.5 Å². The molecule has 0 saturated heterocycles. The van der Waals surface area contributed by atoms with Gasteiger partial charge in [0.15, 0.2) is 11.3 Å². The van der Waals surface area contributed by atoms with Crippen LogP contribution in [0.5, 0.6) is 5.88 Å². The molecule has 0 amide bonds. The molecule has 2 aromatic carbocycles. The Morgan fingerprint density at radius 1 is 0.903 bits per heavy atom. The van der Waals surface area contributed by atoms with Gasteiger partial charge in [-0.15, -0.1) is 0 Å². The normalized spacial score (nSPS) is 11.5. The number of aryl methyl sites for hydroxylation is 1. The molecule has 31 heavy (non-hydrogen) atoms. The summed E-state index contributed by atoms with van der Waals surface area (Å²) in [5.74, 6) is 0.535. The maximum atomic E-state index is 6.14. The Morgan fingerprint density at radius 3 is 2.48 bits per heavy atom. The van der Waals surface area contributed by atoms with E-state index in [1.54, 1.807) is 6.20 Å². The number of benzene rings is 2. The lowest BCUT2D eigenvalue weighted by Gasteiger charge is -2.11. The van der Waals surface area contributed by atoms with Gasteiger partial charge in [0.1, 0.15) is 6.61 Å². The Morgan fingerprint density at radius 2 is 1.68 bits per heavy atom. The third kappa shape index (κ3) is 2.90. The zero-order valence-electron chi connectivity index (χ0n) is 16.8. The summed E-state index contributed by atoms with van der Waals surface area (Å²) < 4.78 is 9.83. The molecule has 7 heteroatoms. The number of nitrogens with zero attached hydrogens (tertiary/aromatic N) is 6. The van der Waals surface area contributed by atoms with Crippen molar-refractivity contribution in [2.24, 2.45) is 0 Å². The molecule has 0 aliphatic rings. The fraction of sp³-hybridized carbons (Fsp3) is 0.0833. The Bertz CT molecular complexity index is 1540. The van der Waals surface area contributed by atoms with Crippen LogP contribution >= 0.6 is 0 Å². The quantitative estimate of drug-likeness (QED) is 0.431. The molecule has 4 aromatic heterocycles. The fourth-order valence-corrected chi connectivity index (χ4v) is 3.84. The Balaban J connectivity index is 1.58. The predicted molar refractivity (Wildman–Crippen MR) is 118 cm³/mol. The lowest BCUT2D eigenvalue weighted by molar-refractivity contribution is 0.298. The van der Waals surface area contributed by atoms with Gasteiger partial charge in [-0.2, -0.15) is 15.2 Å². The molecule has 6 rings (SSSR count). The van der Waals surface area contributed by atoms with Crippen LogP contribution in [-0.4, -0.2) is 29.4 Å². The largest absolute Gasteiger partial charge is 0.472 e. The molecule has 4 heterocycles. The average Bonchev–Trinajstić information content (AvgIpc) is 3.41. The number of fused-ring (bicyclic) bond motifs is 5. The van der Waals surface area contributed by atoms with Crippen LogP contribution in [0, 0.1) is 6.92 Å². The van der Waals surface area contributed by atoms with E-state index in [1.807, 2.05) is 89.0 Å². The van der Waals surface area contributed by atoms with Crippen molar-refractivity contribution in [2.75, 3.05) is 0 Å². The highest BCUT2D eigenvalue weighted by Gasteiger charge is 2.18. The van der Waals surface area contributed by atoms with Crippen LogP contribution in [0.25, 0.3) is 33.3 Å². The van der Waals surface area contributed by atoms with E-state index < -0.39 is 0 Å². The molecule has 0 N–H and O–H groups in total. The first-order valence-electron chi connectivity index (χ1n) is 10.0. The van der Waals surface area contributed by atoms with Gasteiger partial charge in [-0.05, 0) is 24.6 Å². The van der Waals surface area contributed by atoms with Gasteiger partial charge in [0.05, 0.1) is 33.9 Å². The van der Waals surface area contributed by atoms with Crippen molar-refractivity contribution in [3.05, 3.63) is 90.4 Å². The average molecular weight is 406 g/mol. The van der Waals surface area contributed by atoms with Crippen molar-refractivity contribution in [2.45, 2.75) is 13.5 Å². The highest BCUT2D eigenvalue weighted by Crippen LogP contribution is 2.31. The van der Waals surface area contributed by atoms with E-state index in [4.69, 9.17) is 14.7 Å². The lowest BCUT2D eigenvalue weighted by atomic mass is 10.2. The van der Waals surface area contributed by atoms with Gasteiger partial charge in [-0.1, -0.05) is 48.5 Å². The van der Waals surface area contributed by atoms with Crippen LogP contribution in [-0.2, 0) is 6.61 Å². The van der Waals surface area contributed by atoms with E-state index in [-0.39, 0.29) is 0 Å². The Labute approximate surface area is 177 Å². The van der Waals surface area contributed by atoms with Gasteiger partial charge in [0.25, 0.3) is 0 Å². The van der Waals surface area contributed by atoms with Gasteiger partial charge in [0, 0.05) is 12.3 Å². The first-order chi connectivity index (χ1) is 15.3. The summed E-state index contributed by atoms with van der Waals surface area (Å²) in [6.07, 6.45) is 3.62. The van der Waals surface area contributed by atoms with Crippen LogP contribution in [0.1, 0.15) is 11.3 Å². The van der Waals surface area contributed by atoms with E-state index in [9.17, 15) is 0 Å². The zero-order chi connectivity index (χ0) is 20.8. The van der Waals surface area contributed by atoms with Gasteiger partial charge in [0.2, 0.25) is 5.88 Å². The summed E-state index contributed by atoms with van der Waals surface area (Å²) in [6.45, 7) is 2.38. The minimum atomic E-state index is 0.424. The molecular formula is C24H18N6O. The van der Waals surface area contributed by atoms with E-state index >= 15 is 0 Å². The number of pyridine rings is 1. The maximum Gasteiger partial charge on any atom is 0.226 e. The molecule has 6 aromatic rings. The molecule has 0 aliphatic carbocycles. The monoisotopic (exact) mass is 406 g/mol. The standard InChI is InChI=1S/C24H18N6O/c1-16-12-21-27-24(31-15-17-8-4-2-5-9-17)20-13-25-23-19(22(20)30(21)28-16)14-26-29(23)18-10-6-3-7-11-18/h2-14H,15H2,1H3. The summed E-state index contributed by atoms with van der Waals surface area (Å²) in [4.78, 5) is 9.44. The van der Waals surface area contributed by atoms with Crippen LogP contribution in [0.4, 0.5) is 0 Å². The van der Waals surface area contributed by atoms with Gasteiger partial charge in [-0.25, -0.2) is 14.2 Å². The second kappa shape index (κ2) is 6.91. The van der Waals surface area contributed by atoms with Crippen molar-refractivity contribution >= 4 is 27.6 Å². The van der Waals surface area contributed by atoms with E-state index in [0.29, 0.717) is 12.5 Å². The third-order valence-electron chi connectivity index (χ3n) is 5.26. The molecule has 0 spiro atoms. The van der Waals surface area contributed by atoms with Crippen LogP contribution < -0.4 is 4.74 Å². The maximum absolute atomic E-state index is 6.14. The summed E-state index contributed by atoms with van der Waals surface area (Å²) in [7, 11) is 0. The molecule has 0 atom stereocenters. The topological polar surface area (TPSA) is 70.1 Å². The molecule has 0 aliphatic heterocycles. The summed E-state index contributed by atoms with van der Waals surface area (Å²) in [6, 6.07) is 22.0. The number of hydrogen-bond donors (Lipinski definition) is 0. The van der Waals surface area contributed by atoms with Crippen molar-refractivity contribution in [3.63, 3.8) is 0 Å². The summed E-state index contributed by atoms with van der Waals surface area (Å²) in [5, 5.41) is 11.0. The molecule has 0 unspecified atom stereocenters. The lowest BCUT2D eigenvalue weighted by Crippen LogP contribution is -2.03. The van der Waals surface area contributed by atoms with Crippen LogP contribution in [0.15, 0.2) is 79.1 Å². The number of hydrogen-bond acceptors (Lipinski definition) is 5. The van der Waals surface area contributed by atoms with Crippen molar-refractivity contribution in [1.29, 1.82) is 0 Å². The second-order valence-corrected chi connectivity index (χ2v) is 7.40. The highest BCUT2D eigenvalue weighted by atomic mass is 16.5. The van der Waals surface area contributed by atoms with Crippen molar-refractivity contribution in [3.8, 4) is 11.6 Å². The van der Waals surface area contributed by atoms with Crippen LogP contribution in [0.3, 0.4) is 0 Å². The highest BCUT2D eigenvalue weighted by molar-refractivity contribution is 6.04. The first-order valence-corrected chi connectivity index (χ1v) is 10.0. The molecule has 0 fully saturated rings. The van der Waals surface area contributed by atoms with Crippen molar-refractivity contribution < 1.29 is 4.74 Å². The minimum Gasteiger partial charge on any atom is -0.472 e. The fourth-order valence-electron chi connectivity index (χ4n) is 3.84. The summed E-state index contributed by atoms with van der Waals surface area (Å²) in [5.41, 5.74) is 5.28. The van der Waals surface area contributed by atoms with E-state index in [2.05, 4.69) is 10.2 Å². The van der Waals surface area contributed by atoms with Crippen LogP contribution in [0.2, 0.25) is 0 Å². The number of aromatic nitrogens is 6. The molecular weight excluding hydrogens is 388 g/mol. The smallest absolute Gasteiger partial charge is 0.226 e. The summed E-state index contributed by atoms with van der Waals surface area (Å²) >= 11 is 0. The third-order valence-corrected chi connectivity index (χ3v) is 5.26. The number of ether oxygens (including phenoxy) is 1. The Hall–Kier alpha value is -4.26. The van der Waals surface area contributed by atoms with Gasteiger partial charge >= 0.3 is 0 Å². The molecule has 0 radical (unpaired) electrons. The van der Waals surface area contributed by atoms with Gasteiger partial charge < -0.3 is 4.74 Å².